The van der Waals surface area contributed by atoms with Crippen molar-refractivity contribution in [3.8, 4) is 11.5 Å². The first-order valence-electron chi connectivity index (χ1n) is 8.93. The van der Waals surface area contributed by atoms with E-state index < -0.39 is 11.9 Å². The number of hydrogen-bond acceptors (Lipinski definition) is 6. The average Bonchev–Trinajstić information content (AvgIpc) is 3.36. The standard InChI is InChI=1S/C18H20F3N3O3S/c19-18(20,21)15-10-13(14-5-2-8-27-14)23-17(24-15)28-9-3-6-16(25)22-11-12-4-1-7-26-12/h2,5,8,10,12H,1,3-4,6-7,9,11H2,(H,22,25)/t12-/m1/s1. The number of alkyl halides is 3. The lowest BCUT2D eigenvalue weighted by Gasteiger charge is -2.11. The fourth-order valence-corrected chi connectivity index (χ4v) is 3.50. The third-order valence-electron chi connectivity index (χ3n) is 4.10. The number of ether oxygens (including phenoxy) is 1. The Balaban J connectivity index is 1.52. The molecule has 10 heteroatoms. The van der Waals surface area contributed by atoms with E-state index in [0.717, 1.165) is 37.3 Å². The predicted octanol–water partition coefficient (Wildman–Crippen LogP) is 3.92. The minimum absolute atomic E-state index is 0.000916. The zero-order valence-corrected chi connectivity index (χ0v) is 15.8. The van der Waals surface area contributed by atoms with Gasteiger partial charge in [-0.15, -0.1) is 0 Å². The molecule has 152 valence electrons. The van der Waals surface area contributed by atoms with E-state index in [0.29, 0.717) is 18.7 Å². The molecule has 1 aliphatic heterocycles. The number of nitrogens with zero attached hydrogens (tertiary/aromatic N) is 2. The molecule has 0 aliphatic carbocycles. The second-order valence-electron chi connectivity index (χ2n) is 6.29. The van der Waals surface area contributed by atoms with Crippen LogP contribution in [0.25, 0.3) is 11.5 Å². The first-order valence-corrected chi connectivity index (χ1v) is 9.91. The highest BCUT2D eigenvalue weighted by Crippen LogP contribution is 2.32. The number of halogens is 3. The Bertz CT molecular complexity index is 778. The van der Waals surface area contributed by atoms with Crippen molar-refractivity contribution >= 4 is 17.7 Å². The molecule has 2 aromatic heterocycles. The van der Waals surface area contributed by atoms with Crippen LogP contribution in [-0.4, -0.2) is 40.9 Å². The summed E-state index contributed by atoms with van der Waals surface area (Å²) in [6.45, 7) is 1.23. The largest absolute Gasteiger partial charge is 0.463 e. The van der Waals surface area contributed by atoms with Crippen LogP contribution >= 0.6 is 11.8 Å². The summed E-state index contributed by atoms with van der Waals surface area (Å²) in [7, 11) is 0. The molecule has 0 bridgehead atoms. The van der Waals surface area contributed by atoms with Gasteiger partial charge < -0.3 is 14.5 Å². The molecule has 0 unspecified atom stereocenters. The number of carbonyl (C=O) groups is 1. The van der Waals surface area contributed by atoms with Crippen LogP contribution in [-0.2, 0) is 15.7 Å². The highest BCUT2D eigenvalue weighted by Gasteiger charge is 2.34. The summed E-state index contributed by atoms with van der Waals surface area (Å²) < 4.78 is 49.9. The Morgan fingerprint density at radius 3 is 2.89 bits per heavy atom. The first-order chi connectivity index (χ1) is 13.4. The molecule has 3 heterocycles. The van der Waals surface area contributed by atoms with Gasteiger partial charge >= 0.3 is 6.18 Å². The smallest absolute Gasteiger partial charge is 0.433 e. The van der Waals surface area contributed by atoms with E-state index in [4.69, 9.17) is 9.15 Å². The highest BCUT2D eigenvalue weighted by molar-refractivity contribution is 7.99. The van der Waals surface area contributed by atoms with E-state index in [1.807, 2.05) is 0 Å². The summed E-state index contributed by atoms with van der Waals surface area (Å²) in [6.07, 6.45) is -0.401. The van der Waals surface area contributed by atoms with Crippen molar-refractivity contribution in [2.75, 3.05) is 18.9 Å². The van der Waals surface area contributed by atoms with Gasteiger partial charge in [-0.3, -0.25) is 4.79 Å². The second kappa shape index (κ2) is 9.42. The summed E-state index contributed by atoms with van der Waals surface area (Å²) in [5.74, 6) is 0.562. The molecule has 28 heavy (non-hydrogen) atoms. The summed E-state index contributed by atoms with van der Waals surface area (Å²) in [5, 5.41) is 2.82. The van der Waals surface area contributed by atoms with Gasteiger partial charge in [-0.2, -0.15) is 13.2 Å². The van der Waals surface area contributed by atoms with E-state index in [1.165, 1.54) is 12.3 Å². The second-order valence-corrected chi connectivity index (χ2v) is 7.35. The minimum atomic E-state index is -4.58. The maximum absolute atomic E-state index is 13.1. The molecule has 1 saturated heterocycles. The van der Waals surface area contributed by atoms with E-state index in [1.54, 1.807) is 6.07 Å². The highest BCUT2D eigenvalue weighted by atomic mass is 32.2. The third kappa shape index (κ3) is 5.96. The van der Waals surface area contributed by atoms with Crippen molar-refractivity contribution in [1.82, 2.24) is 15.3 Å². The molecule has 0 aromatic carbocycles. The van der Waals surface area contributed by atoms with Gasteiger partial charge in [-0.05, 0) is 37.5 Å². The molecule has 1 N–H and O–H groups in total. The van der Waals surface area contributed by atoms with Crippen molar-refractivity contribution in [2.45, 2.75) is 43.1 Å². The number of carbonyl (C=O) groups excluding carboxylic acids is 1. The van der Waals surface area contributed by atoms with Crippen molar-refractivity contribution in [3.05, 3.63) is 30.2 Å². The van der Waals surface area contributed by atoms with E-state index in [-0.39, 0.29) is 35.0 Å². The average molecular weight is 415 g/mol. The number of nitrogens with one attached hydrogen (secondary N) is 1. The Labute approximate surface area is 164 Å². The summed E-state index contributed by atoms with van der Waals surface area (Å²) >= 11 is 1.08. The fourth-order valence-electron chi connectivity index (χ4n) is 2.70. The number of hydrogen-bond donors (Lipinski definition) is 1. The van der Waals surface area contributed by atoms with Crippen LogP contribution in [0.2, 0.25) is 0 Å². The summed E-state index contributed by atoms with van der Waals surface area (Å²) in [6, 6.07) is 3.98. The number of amides is 1. The molecule has 0 spiro atoms. The molecule has 1 aliphatic rings. The Kier molecular flexibility index (Phi) is 6.95. The SMILES string of the molecule is O=C(CCCSc1nc(-c2ccco2)cc(C(F)(F)F)n1)NC[C@H]1CCCO1. The zero-order valence-electron chi connectivity index (χ0n) is 15.0. The molecule has 6 nitrogen and oxygen atoms in total. The van der Waals surface area contributed by atoms with Crippen LogP contribution in [0, 0.1) is 0 Å². The zero-order chi connectivity index (χ0) is 20.0. The molecule has 2 aromatic rings. The van der Waals surface area contributed by atoms with Crippen LogP contribution in [0.5, 0.6) is 0 Å². The predicted molar refractivity (Wildman–Crippen MR) is 96.7 cm³/mol. The minimum Gasteiger partial charge on any atom is -0.463 e. The number of rotatable bonds is 8. The Hall–Kier alpha value is -2.07. The van der Waals surface area contributed by atoms with Crippen molar-refractivity contribution in [3.63, 3.8) is 0 Å². The molecular weight excluding hydrogens is 395 g/mol. The molecule has 1 atom stereocenters. The number of furan rings is 1. The van der Waals surface area contributed by atoms with Crippen LogP contribution in [0.4, 0.5) is 13.2 Å². The van der Waals surface area contributed by atoms with Gasteiger partial charge in [0, 0.05) is 25.3 Å². The maximum atomic E-state index is 13.1. The topological polar surface area (TPSA) is 77.2 Å². The Morgan fingerprint density at radius 2 is 2.21 bits per heavy atom. The maximum Gasteiger partial charge on any atom is 0.433 e. The summed E-state index contributed by atoms with van der Waals surface area (Å²) in [4.78, 5) is 19.6. The van der Waals surface area contributed by atoms with Crippen LogP contribution < -0.4 is 5.32 Å². The van der Waals surface area contributed by atoms with Gasteiger partial charge in [-0.1, -0.05) is 11.8 Å². The van der Waals surface area contributed by atoms with E-state index in [9.17, 15) is 18.0 Å². The Morgan fingerprint density at radius 1 is 1.36 bits per heavy atom. The molecular formula is C18H20F3N3O3S. The fraction of sp³-hybridized carbons (Fsp3) is 0.500. The lowest BCUT2D eigenvalue weighted by Crippen LogP contribution is -2.31. The summed E-state index contributed by atoms with van der Waals surface area (Å²) in [5.41, 5.74) is -0.949. The normalized spacial score (nSPS) is 17.0. The quantitative estimate of drug-likeness (QED) is 0.400. The lowest BCUT2D eigenvalue weighted by molar-refractivity contribution is -0.141. The van der Waals surface area contributed by atoms with E-state index >= 15 is 0 Å². The van der Waals surface area contributed by atoms with Crippen molar-refractivity contribution in [1.29, 1.82) is 0 Å². The van der Waals surface area contributed by atoms with Gasteiger partial charge in [0.25, 0.3) is 0 Å². The van der Waals surface area contributed by atoms with Crippen molar-refractivity contribution in [2.24, 2.45) is 0 Å². The monoisotopic (exact) mass is 415 g/mol. The van der Waals surface area contributed by atoms with Gasteiger partial charge in [0.05, 0.1) is 12.4 Å². The van der Waals surface area contributed by atoms with Gasteiger partial charge in [0.2, 0.25) is 5.91 Å². The molecule has 3 rings (SSSR count). The van der Waals surface area contributed by atoms with Crippen LogP contribution in [0.1, 0.15) is 31.4 Å². The van der Waals surface area contributed by atoms with Gasteiger partial charge in [-0.25, -0.2) is 9.97 Å². The van der Waals surface area contributed by atoms with Crippen molar-refractivity contribution < 1.29 is 27.1 Å². The van der Waals surface area contributed by atoms with Crippen LogP contribution in [0.3, 0.4) is 0 Å². The van der Waals surface area contributed by atoms with Gasteiger partial charge in [0.1, 0.15) is 11.4 Å². The third-order valence-corrected chi connectivity index (χ3v) is 5.03. The number of aromatic nitrogens is 2. The van der Waals surface area contributed by atoms with Gasteiger partial charge in [0.15, 0.2) is 10.9 Å². The first kappa shape index (κ1) is 20.7. The molecule has 1 fully saturated rings. The van der Waals surface area contributed by atoms with E-state index in [2.05, 4.69) is 15.3 Å². The number of thioether (sulfide) groups is 1. The molecule has 0 saturated carbocycles. The lowest BCUT2D eigenvalue weighted by atomic mass is 10.2. The van der Waals surface area contributed by atoms with Crippen LogP contribution in [0.15, 0.2) is 34.0 Å². The molecule has 1 amide bonds. The molecule has 0 radical (unpaired) electrons.